The number of benzene rings is 1. The third-order valence-electron chi connectivity index (χ3n) is 4.28. The number of aromatic nitrogens is 2. The van der Waals surface area contributed by atoms with Crippen LogP contribution in [0.4, 0.5) is 4.79 Å². The van der Waals surface area contributed by atoms with Crippen molar-refractivity contribution in [2.24, 2.45) is 7.05 Å². The van der Waals surface area contributed by atoms with E-state index < -0.39 is 0 Å². The van der Waals surface area contributed by atoms with Gasteiger partial charge in [0.25, 0.3) is 0 Å². The van der Waals surface area contributed by atoms with E-state index >= 15 is 0 Å². The Balaban J connectivity index is 1.65. The van der Waals surface area contributed by atoms with Gasteiger partial charge in [0.2, 0.25) is 0 Å². The predicted molar refractivity (Wildman–Crippen MR) is 85.3 cm³/mol. The van der Waals surface area contributed by atoms with Gasteiger partial charge in [-0.05, 0) is 24.8 Å². The molecule has 1 unspecified atom stereocenters. The smallest absolute Gasteiger partial charge is 0.317 e. The van der Waals surface area contributed by atoms with Crippen molar-refractivity contribution in [1.82, 2.24) is 20.0 Å². The van der Waals surface area contributed by atoms with Crippen LogP contribution in [0.5, 0.6) is 0 Å². The van der Waals surface area contributed by atoms with E-state index in [1.165, 1.54) is 5.69 Å². The maximum Gasteiger partial charge on any atom is 0.317 e. The molecular formula is C17H22N4O. The van der Waals surface area contributed by atoms with E-state index in [1.807, 2.05) is 55.3 Å². The van der Waals surface area contributed by atoms with Gasteiger partial charge in [-0.3, -0.25) is 4.68 Å². The van der Waals surface area contributed by atoms with Crippen molar-refractivity contribution in [2.75, 3.05) is 7.05 Å². The number of urea groups is 1. The van der Waals surface area contributed by atoms with Gasteiger partial charge in [-0.1, -0.05) is 30.3 Å². The van der Waals surface area contributed by atoms with E-state index in [0.717, 1.165) is 30.4 Å². The van der Waals surface area contributed by atoms with Gasteiger partial charge < -0.3 is 10.2 Å². The van der Waals surface area contributed by atoms with Gasteiger partial charge in [-0.25, -0.2) is 4.79 Å². The van der Waals surface area contributed by atoms with Crippen LogP contribution in [0.2, 0.25) is 0 Å². The first-order valence-electron chi connectivity index (χ1n) is 7.71. The zero-order valence-corrected chi connectivity index (χ0v) is 13.1. The molecular weight excluding hydrogens is 276 g/mol. The summed E-state index contributed by atoms with van der Waals surface area (Å²) in [4.78, 5) is 14.1. The second-order valence-electron chi connectivity index (χ2n) is 5.91. The van der Waals surface area contributed by atoms with E-state index in [2.05, 4.69) is 10.4 Å². The van der Waals surface area contributed by atoms with Crippen LogP contribution in [0, 0.1) is 0 Å². The molecule has 116 valence electrons. The fourth-order valence-corrected chi connectivity index (χ4v) is 3.04. The van der Waals surface area contributed by atoms with Gasteiger partial charge >= 0.3 is 6.03 Å². The molecule has 5 nitrogen and oxygen atoms in total. The molecule has 1 aromatic heterocycles. The predicted octanol–water partition coefficient (Wildman–Crippen LogP) is 2.64. The second kappa shape index (κ2) is 6.22. The lowest BCUT2D eigenvalue weighted by Gasteiger charge is -2.26. The van der Waals surface area contributed by atoms with E-state index in [0.29, 0.717) is 6.54 Å². The molecule has 1 aromatic carbocycles. The van der Waals surface area contributed by atoms with E-state index in [-0.39, 0.29) is 12.1 Å². The normalized spacial score (nSPS) is 16.9. The summed E-state index contributed by atoms with van der Waals surface area (Å²) in [5.41, 5.74) is 3.53. The van der Waals surface area contributed by atoms with Crippen LogP contribution in [0.3, 0.4) is 0 Å². The Kier molecular flexibility index (Phi) is 4.13. The lowest BCUT2D eigenvalue weighted by Crippen LogP contribution is -2.39. The molecule has 0 aliphatic heterocycles. The van der Waals surface area contributed by atoms with Gasteiger partial charge in [0.1, 0.15) is 0 Å². The monoisotopic (exact) mass is 298 g/mol. The van der Waals surface area contributed by atoms with Gasteiger partial charge in [-0.2, -0.15) is 5.10 Å². The van der Waals surface area contributed by atoms with Crippen LogP contribution >= 0.6 is 0 Å². The number of hydrogen-bond acceptors (Lipinski definition) is 2. The molecule has 2 aromatic rings. The molecule has 3 rings (SSSR count). The maximum absolute atomic E-state index is 12.4. The zero-order chi connectivity index (χ0) is 15.5. The number of fused-ring (bicyclic) bond motifs is 1. The molecule has 2 amide bonds. The van der Waals surface area contributed by atoms with Crippen molar-refractivity contribution >= 4 is 6.03 Å². The van der Waals surface area contributed by atoms with Gasteiger partial charge in [0, 0.05) is 31.9 Å². The molecule has 0 saturated heterocycles. The molecule has 0 bridgehead atoms. The molecule has 0 radical (unpaired) electrons. The molecule has 1 aliphatic rings. The Morgan fingerprint density at radius 1 is 1.41 bits per heavy atom. The molecule has 0 saturated carbocycles. The average Bonchev–Trinajstić information content (AvgIpc) is 2.91. The van der Waals surface area contributed by atoms with Crippen molar-refractivity contribution in [3.8, 4) is 0 Å². The molecule has 1 N–H and O–H groups in total. The van der Waals surface area contributed by atoms with E-state index in [4.69, 9.17) is 0 Å². The van der Waals surface area contributed by atoms with Crippen LogP contribution in [0.15, 0.2) is 36.5 Å². The van der Waals surface area contributed by atoms with Crippen LogP contribution in [0.1, 0.15) is 35.7 Å². The van der Waals surface area contributed by atoms with Gasteiger partial charge in [-0.15, -0.1) is 0 Å². The quantitative estimate of drug-likeness (QED) is 0.947. The second-order valence-corrected chi connectivity index (χ2v) is 5.91. The minimum atomic E-state index is -0.0365. The fraction of sp³-hybridized carbons (Fsp3) is 0.412. The summed E-state index contributed by atoms with van der Waals surface area (Å²) in [6, 6.07) is 10.1. The first-order valence-corrected chi connectivity index (χ1v) is 7.71. The molecule has 0 fully saturated rings. The largest absolute Gasteiger partial charge is 0.331 e. The van der Waals surface area contributed by atoms with Crippen LogP contribution in [0.25, 0.3) is 0 Å². The number of nitrogens with zero attached hydrogens (tertiary/aromatic N) is 3. The summed E-state index contributed by atoms with van der Waals surface area (Å²) >= 11 is 0. The molecule has 1 atom stereocenters. The Morgan fingerprint density at radius 2 is 2.18 bits per heavy atom. The van der Waals surface area contributed by atoms with Crippen LogP contribution in [-0.4, -0.2) is 27.8 Å². The highest BCUT2D eigenvalue weighted by Crippen LogP contribution is 2.29. The lowest BCUT2D eigenvalue weighted by atomic mass is 9.93. The topological polar surface area (TPSA) is 50.2 Å². The Labute approximate surface area is 130 Å². The Bertz CT molecular complexity index is 650. The first-order chi connectivity index (χ1) is 10.6. The third kappa shape index (κ3) is 2.98. The maximum atomic E-state index is 12.4. The lowest BCUT2D eigenvalue weighted by molar-refractivity contribution is 0.201. The summed E-state index contributed by atoms with van der Waals surface area (Å²) in [5.74, 6) is 0. The average molecular weight is 298 g/mol. The minimum absolute atomic E-state index is 0.0365. The number of hydrogen-bond donors (Lipinski definition) is 1. The zero-order valence-electron chi connectivity index (χ0n) is 13.1. The third-order valence-corrected chi connectivity index (χ3v) is 4.28. The van der Waals surface area contributed by atoms with Crippen molar-refractivity contribution in [3.05, 3.63) is 53.3 Å². The van der Waals surface area contributed by atoms with Crippen molar-refractivity contribution in [3.63, 3.8) is 0 Å². The van der Waals surface area contributed by atoms with Crippen LogP contribution < -0.4 is 5.32 Å². The van der Waals surface area contributed by atoms with E-state index in [9.17, 15) is 4.79 Å². The van der Waals surface area contributed by atoms with Crippen molar-refractivity contribution < 1.29 is 4.79 Å². The number of nitrogens with one attached hydrogen (secondary N) is 1. The SMILES string of the molecule is CN(Cc1ccccc1)C(=O)NC1CCCc2c1cnn2C. The Hall–Kier alpha value is -2.30. The summed E-state index contributed by atoms with van der Waals surface area (Å²) < 4.78 is 1.92. The fourth-order valence-electron chi connectivity index (χ4n) is 3.04. The number of aryl methyl sites for hydroxylation is 1. The van der Waals surface area contributed by atoms with Gasteiger partial charge in [0.05, 0.1) is 12.2 Å². The number of rotatable bonds is 3. The highest BCUT2D eigenvalue weighted by atomic mass is 16.2. The summed E-state index contributed by atoms with van der Waals surface area (Å²) in [7, 11) is 3.79. The van der Waals surface area contributed by atoms with Crippen molar-refractivity contribution in [1.29, 1.82) is 0 Å². The molecule has 1 heterocycles. The van der Waals surface area contributed by atoms with E-state index in [1.54, 1.807) is 4.90 Å². The Morgan fingerprint density at radius 3 is 2.95 bits per heavy atom. The van der Waals surface area contributed by atoms with Gasteiger partial charge in [0.15, 0.2) is 0 Å². The highest BCUT2D eigenvalue weighted by molar-refractivity contribution is 5.74. The minimum Gasteiger partial charge on any atom is -0.331 e. The molecule has 22 heavy (non-hydrogen) atoms. The number of carbonyl (C=O) groups excluding carboxylic acids is 1. The highest BCUT2D eigenvalue weighted by Gasteiger charge is 2.25. The van der Waals surface area contributed by atoms with Crippen molar-refractivity contribution in [2.45, 2.75) is 31.8 Å². The summed E-state index contributed by atoms with van der Waals surface area (Å²) in [6.07, 6.45) is 4.98. The standard InChI is InChI=1S/C17H22N4O/c1-20(12-13-7-4-3-5-8-13)17(22)19-15-9-6-10-16-14(15)11-18-21(16)2/h3-5,7-8,11,15H,6,9-10,12H2,1-2H3,(H,19,22). The number of carbonyl (C=O) groups is 1. The number of amides is 2. The molecule has 1 aliphatic carbocycles. The summed E-state index contributed by atoms with van der Waals surface area (Å²) in [5, 5.41) is 7.46. The first kappa shape index (κ1) is 14.6. The molecule has 5 heteroatoms. The van der Waals surface area contributed by atoms with Crippen LogP contribution in [-0.2, 0) is 20.0 Å². The molecule has 0 spiro atoms. The summed E-state index contributed by atoms with van der Waals surface area (Å²) in [6.45, 7) is 0.610.